The molecule has 0 saturated heterocycles. The molecule has 0 fully saturated rings. The van der Waals surface area contributed by atoms with Crippen molar-refractivity contribution in [2.24, 2.45) is 0 Å². The van der Waals surface area contributed by atoms with Crippen LogP contribution in [0.4, 0.5) is 0 Å². The van der Waals surface area contributed by atoms with Crippen LogP contribution in [0.25, 0.3) is 55.8 Å². The van der Waals surface area contributed by atoms with Crippen LogP contribution in [-0.4, -0.2) is 31.0 Å². The first-order valence-electron chi connectivity index (χ1n) is 13.7. The summed E-state index contributed by atoms with van der Waals surface area (Å²) >= 11 is 0. The molecule has 0 bridgehead atoms. The molecule has 44 heavy (non-hydrogen) atoms. The Kier molecular flexibility index (Phi) is 6.18. The quantitative estimate of drug-likeness (QED) is 0.235. The van der Waals surface area contributed by atoms with Gasteiger partial charge in [-0.25, -0.2) is 9.59 Å². The summed E-state index contributed by atoms with van der Waals surface area (Å²) in [6.07, 6.45) is 0. The fraction of sp³-hybridized carbons (Fsp3) is 0. The molecular formula is C36H22N2O6. The Hall–Kier alpha value is -6.28. The number of aromatic carboxylic acids is 2. The van der Waals surface area contributed by atoms with Crippen LogP contribution in [0.5, 0.6) is 0 Å². The molecule has 0 atom stereocenters. The van der Waals surface area contributed by atoms with Gasteiger partial charge in [-0.2, -0.15) is 0 Å². The molecule has 0 saturated carbocycles. The van der Waals surface area contributed by atoms with Crippen molar-refractivity contribution in [3.05, 3.63) is 153 Å². The largest absolute Gasteiger partial charge is 0.478 e. The number of rotatable bonds is 6. The molecule has 4 aromatic carbocycles. The minimum Gasteiger partial charge on any atom is -0.478 e. The Balaban J connectivity index is 1.82. The number of hydrogen-bond acceptors (Lipinski definition) is 4. The topological polar surface area (TPSA) is 118 Å². The standard InChI is InChI=1S/C36H22N2O6/c39-33-31-27(35(41)42)25(21-13-5-1-6-14-21)29(23-17-9-3-10-18-23)37(31)34(40)32-28(36(43)44)26(22-15-7-2-8-16-22)30(38(32)33)24-19-11-4-12-20-24/h1-20H,(H,41,42)(H,43,44). The fourth-order valence-electron chi connectivity index (χ4n) is 6.09. The van der Waals surface area contributed by atoms with E-state index >= 15 is 0 Å². The third kappa shape index (κ3) is 3.85. The zero-order valence-electron chi connectivity index (χ0n) is 23.0. The molecule has 0 spiro atoms. The number of benzene rings is 4. The summed E-state index contributed by atoms with van der Waals surface area (Å²) in [6.45, 7) is 0. The predicted molar refractivity (Wildman–Crippen MR) is 168 cm³/mol. The second-order valence-corrected chi connectivity index (χ2v) is 10.2. The monoisotopic (exact) mass is 578 g/mol. The Bertz CT molecular complexity index is 2180. The van der Waals surface area contributed by atoms with Gasteiger partial charge in [0.15, 0.2) is 0 Å². The summed E-state index contributed by atoms with van der Waals surface area (Å²) < 4.78 is 2.16. The lowest BCUT2D eigenvalue weighted by Gasteiger charge is -2.09. The summed E-state index contributed by atoms with van der Waals surface area (Å²) in [5, 5.41) is 21.3. The third-order valence-electron chi connectivity index (χ3n) is 7.80. The van der Waals surface area contributed by atoms with E-state index in [0.29, 0.717) is 22.3 Å². The van der Waals surface area contributed by atoms with E-state index in [9.17, 15) is 29.4 Å². The minimum absolute atomic E-state index is 0.188. The van der Waals surface area contributed by atoms with Crippen molar-refractivity contribution in [3.8, 4) is 44.8 Å². The Morgan fingerprint density at radius 1 is 0.432 bits per heavy atom. The first-order valence-corrected chi connectivity index (χ1v) is 13.7. The van der Waals surface area contributed by atoms with Gasteiger partial charge in [0.1, 0.15) is 11.0 Å². The fourth-order valence-corrected chi connectivity index (χ4v) is 6.09. The predicted octanol–water partition coefficient (Wildman–Crippen LogP) is 6.41. The lowest BCUT2D eigenvalue weighted by molar-refractivity contribution is 0.0688. The normalized spacial score (nSPS) is 11.3. The molecule has 0 radical (unpaired) electrons. The highest BCUT2D eigenvalue weighted by Crippen LogP contribution is 2.41. The van der Waals surface area contributed by atoms with Crippen molar-refractivity contribution in [2.45, 2.75) is 0 Å². The van der Waals surface area contributed by atoms with Crippen molar-refractivity contribution in [1.82, 2.24) is 8.80 Å². The SMILES string of the molecule is O=C(O)c1c(-c2ccccc2)c(-c2ccccc2)n2c(=O)c3c(C(=O)O)c(-c4ccccc4)c(-c4ccccc4)n3c(=O)c12. The van der Waals surface area contributed by atoms with Gasteiger partial charge in [-0.15, -0.1) is 0 Å². The summed E-state index contributed by atoms with van der Waals surface area (Å²) in [4.78, 5) is 55.6. The van der Waals surface area contributed by atoms with Gasteiger partial charge < -0.3 is 10.2 Å². The highest BCUT2D eigenvalue weighted by molar-refractivity contribution is 6.11. The molecule has 0 unspecified atom stereocenters. The maximum Gasteiger partial charge on any atom is 0.338 e. The van der Waals surface area contributed by atoms with Gasteiger partial charge in [-0.3, -0.25) is 18.4 Å². The van der Waals surface area contributed by atoms with E-state index in [1.54, 1.807) is 121 Å². The molecule has 212 valence electrons. The van der Waals surface area contributed by atoms with Gasteiger partial charge in [-0.05, 0) is 22.3 Å². The molecule has 2 N–H and O–H groups in total. The molecule has 8 nitrogen and oxygen atoms in total. The molecule has 0 aliphatic heterocycles. The van der Waals surface area contributed by atoms with Gasteiger partial charge >= 0.3 is 11.9 Å². The molecule has 0 aliphatic rings. The highest BCUT2D eigenvalue weighted by Gasteiger charge is 2.34. The summed E-state index contributed by atoms with van der Waals surface area (Å²) in [6, 6.07) is 34.7. The molecule has 3 heterocycles. The van der Waals surface area contributed by atoms with E-state index in [-0.39, 0.29) is 44.7 Å². The van der Waals surface area contributed by atoms with Crippen LogP contribution in [-0.2, 0) is 0 Å². The Labute approximate surface area is 249 Å². The highest BCUT2D eigenvalue weighted by atomic mass is 16.4. The maximum atomic E-state index is 14.8. The van der Waals surface area contributed by atoms with E-state index in [1.807, 2.05) is 0 Å². The molecule has 7 rings (SSSR count). The van der Waals surface area contributed by atoms with Gasteiger partial charge in [0.05, 0.1) is 22.5 Å². The number of carboxylic acids is 2. The maximum absolute atomic E-state index is 14.8. The number of hydrogen-bond donors (Lipinski definition) is 2. The number of carbonyl (C=O) groups is 2. The number of carboxylic acid groups (broad SMARTS) is 2. The van der Waals surface area contributed by atoms with E-state index in [2.05, 4.69) is 0 Å². The molecule has 3 aromatic heterocycles. The van der Waals surface area contributed by atoms with Gasteiger partial charge in [-0.1, -0.05) is 121 Å². The van der Waals surface area contributed by atoms with Crippen LogP contribution in [0.15, 0.2) is 131 Å². The Morgan fingerprint density at radius 2 is 0.705 bits per heavy atom. The van der Waals surface area contributed by atoms with Crippen LogP contribution in [0.2, 0.25) is 0 Å². The number of aromatic nitrogens is 2. The second-order valence-electron chi connectivity index (χ2n) is 10.2. The molecule has 0 aliphatic carbocycles. The van der Waals surface area contributed by atoms with E-state index in [1.165, 1.54) is 0 Å². The lowest BCUT2D eigenvalue weighted by Crippen LogP contribution is -2.28. The number of nitrogens with zero attached hydrogens (tertiary/aromatic N) is 2. The number of fused-ring (bicyclic) bond motifs is 2. The van der Waals surface area contributed by atoms with Crippen molar-refractivity contribution < 1.29 is 19.8 Å². The van der Waals surface area contributed by atoms with Crippen molar-refractivity contribution in [2.75, 3.05) is 0 Å². The van der Waals surface area contributed by atoms with Gasteiger partial charge in [0.25, 0.3) is 11.1 Å². The van der Waals surface area contributed by atoms with Crippen molar-refractivity contribution in [1.29, 1.82) is 0 Å². The molecular weight excluding hydrogens is 556 g/mol. The van der Waals surface area contributed by atoms with Crippen LogP contribution in [0, 0.1) is 0 Å². The molecule has 8 heteroatoms. The Morgan fingerprint density at radius 3 is 0.977 bits per heavy atom. The van der Waals surface area contributed by atoms with Crippen LogP contribution >= 0.6 is 0 Å². The van der Waals surface area contributed by atoms with Crippen molar-refractivity contribution >= 4 is 23.0 Å². The van der Waals surface area contributed by atoms with Crippen molar-refractivity contribution in [3.63, 3.8) is 0 Å². The lowest BCUT2D eigenvalue weighted by atomic mass is 9.97. The minimum atomic E-state index is -1.39. The molecule has 7 aromatic rings. The first kappa shape index (κ1) is 26.6. The summed E-state index contributed by atoms with van der Waals surface area (Å²) in [7, 11) is 0. The zero-order valence-corrected chi connectivity index (χ0v) is 23.0. The van der Waals surface area contributed by atoms with Gasteiger partial charge in [0.2, 0.25) is 0 Å². The van der Waals surface area contributed by atoms with E-state index in [4.69, 9.17) is 0 Å². The van der Waals surface area contributed by atoms with Crippen LogP contribution < -0.4 is 11.1 Å². The third-order valence-corrected chi connectivity index (χ3v) is 7.80. The smallest absolute Gasteiger partial charge is 0.338 e. The summed E-state index contributed by atoms with van der Waals surface area (Å²) in [5.74, 6) is -2.79. The van der Waals surface area contributed by atoms with Crippen LogP contribution in [0.3, 0.4) is 0 Å². The average Bonchev–Trinajstić information content (AvgIpc) is 3.61. The average molecular weight is 579 g/mol. The second kappa shape index (κ2) is 10.2. The zero-order chi connectivity index (χ0) is 30.5. The van der Waals surface area contributed by atoms with Gasteiger partial charge in [0, 0.05) is 11.1 Å². The van der Waals surface area contributed by atoms with E-state index in [0.717, 1.165) is 8.80 Å². The summed E-state index contributed by atoms with van der Waals surface area (Å²) in [5.41, 5.74) is -0.314. The first-order chi connectivity index (χ1) is 21.4. The molecule has 0 amide bonds. The van der Waals surface area contributed by atoms with E-state index < -0.39 is 23.1 Å². The van der Waals surface area contributed by atoms with Crippen LogP contribution in [0.1, 0.15) is 20.7 Å².